The molecule has 0 atom stereocenters. The van der Waals surface area contributed by atoms with Crippen molar-refractivity contribution in [2.45, 2.75) is 32.8 Å². The van der Waals surface area contributed by atoms with Crippen LogP contribution in [0.4, 0.5) is 17.6 Å². The Hall–Kier alpha value is -2.50. The molecule has 2 nitrogen and oxygen atoms in total. The number of hydrogen-bond donors (Lipinski definition) is 0. The van der Waals surface area contributed by atoms with Gasteiger partial charge in [0.1, 0.15) is 5.75 Å². The minimum atomic E-state index is -3.51. The first-order valence-electron chi connectivity index (χ1n) is 8.25. The fourth-order valence-corrected chi connectivity index (χ4v) is 2.37. The third-order valence-corrected chi connectivity index (χ3v) is 3.62. The van der Waals surface area contributed by atoms with E-state index < -0.39 is 24.2 Å². The van der Waals surface area contributed by atoms with Crippen LogP contribution in [0.2, 0.25) is 0 Å². The largest absolute Gasteiger partial charge is 0.491 e. The molecule has 0 aliphatic rings. The Balaban J connectivity index is 2.02. The second-order valence-electron chi connectivity index (χ2n) is 5.59. The zero-order valence-corrected chi connectivity index (χ0v) is 14.6. The average molecular weight is 368 g/mol. The Morgan fingerprint density at radius 3 is 2.31 bits per heavy atom. The second kappa shape index (κ2) is 8.74. The Morgan fingerprint density at radius 2 is 1.69 bits per heavy atom. The van der Waals surface area contributed by atoms with Crippen LogP contribution in [0.25, 0.3) is 6.08 Å². The first kappa shape index (κ1) is 19.8. The van der Waals surface area contributed by atoms with E-state index in [1.807, 2.05) is 19.1 Å². The Morgan fingerprint density at radius 1 is 1.00 bits per heavy atom. The maximum absolute atomic E-state index is 14.0. The van der Waals surface area contributed by atoms with E-state index >= 15 is 0 Å². The standard InChI is InChI=1S/C20H20F4O2/c1-3-5-14-6-9-16(10-7-14)26-20(23,24)13-12-15-8-11-17(25-4-2)19(22)18(15)21/h3,5-11H,4,12-13H2,1-2H3. The van der Waals surface area contributed by atoms with Crippen molar-refractivity contribution in [1.82, 2.24) is 0 Å². The van der Waals surface area contributed by atoms with E-state index in [1.54, 1.807) is 19.1 Å². The van der Waals surface area contributed by atoms with Crippen LogP contribution in [-0.4, -0.2) is 12.7 Å². The summed E-state index contributed by atoms with van der Waals surface area (Å²) in [5.41, 5.74) is 0.702. The highest BCUT2D eigenvalue weighted by molar-refractivity contribution is 5.50. The van der Waals surface area contributed by atoms with Crippen LogP contribution in [0.3, 0.4) is 0 Å². The number of ether oxygens (including phenoxy) is 2. The van der Waals surface area contributed by atoms with Gasteiger partial charge >= 0.3 is 6.11 Å². The number of aryl methyl sites for hydroxylation is 1. The molecule has 2 rings (SSSR count). The molecule has 2 aromatic rings. The van der Waals surface area contributed by atoms with Crippen LogP contribution >= 0.6 is 0 Å². The fraction of sp³-hybridized carbons (Fsp3) is 0.300. The molecule has 0 spiro atoms. The van der Waals surface area contributed by atoms with Gasteiger partial charge in [-0.05, 0) is 49.6 Å². The summed E-state index contributed by atoms with van der Waals surface area (Å²) in [6.07, 6.45) is -1.02. The van der Waals surface area contributed by atoms with Crippen LogP contribution in [0.1, 0.15) is 31.4 Å². The van der Waals surface area contributed by atoms with Gasteiger partial charge in [0, 0.05) is 0 Å². The molecule has 26 heavy (non-hydrogen) atoms. The molecule has 0 unspecified atom stereocenters. The quantitative estimate of drug-likeness (QED) is 0.532. The van der Waals surface area contributed by atoms with Crippen molar-refractivity contribution in [3.63, 3.8) is 0 Å². The molecule has 0 aliphatic heterocycles. The van der Waals surface area contributed by atoms with Crippen molar-refractivity contribution < 1.29 is 27.0 Å². The lowest BCUT2D eigenvalue weighted by Gasteiger charge is -2.18. The highest BCUT2D eigenvalue weighted by Crippen LogP contribution is 2.29. The minimum absolute atomic E-state index is 0.00148. The third-order valence-electron chi connectivity index (χ3n) is 3.62. The number of benzene rings is 2. The normalized spacial score (nSPS) is 11.8. The number of alkyl halides is 2. The zero-order valence-electron chi connectivity index (χ0n) is 14.6. The lowest BCUT2D eigenvalue weighted by Crippen LogP contribution is -2.25. The van der Waals surface area contributed by atoms with Gasteiger partial charge in [0.15, 0.2) is 11.6 Å². The average Bonchev–Trinajstić information content (AvgIpc) is 2.60. The minimum Gasteiger partial charge on any atom is -0.491 e. The van der Waals surface area contributed by atoms with Crippen molar-refractivity contribution >= 4 is 6.08 Å². The van der Waals surface area contributed by atoms with Crippen molar-refractivity contribution in [2.24, 2.45) is 0 Å². The molecule has 6 heteroatoms. The van der Waals surface area contributed by atoms with Gasteiger partial charge in [-0.3, -0.25) is 0 Å². The highest BCUT2D eigenvalue weighted by Gasteiger charge is 2.32. The van der Waals surface area contributed by atoms with Gasteiger partial charge in [0.05, 0.1) is 13.0 Å². The molecule has 0 saturated carbocycles. The van der Waals surface area contributed by atoms with E-state index in [1.165, 1.54) is 24.3 Å². The molecule has 0 radical (unpaired) electrons. The maximum atomic E-state index is 14.0. The predicted molar refractivity (Wildman–Crippen MR) is 92.6 cm³/mol. The van der Waals surface area contributed by atoms with Crippen LogP contribution in [-0.2, 0) is 6.42 Å². The van der Waals surface area contributed by atoms with E-state index in [2.05, 4.69) is 0 Å². The van der Waals surface area contributed by atoms with Crippen LogP contribution < -0.4 is 9.47 Å². The molecule has 2 aromatic carbocycles. The van der Waals surface area contributed by atoms with Crippen LogP contribution in [0.15, 0.2) is 42.5 Å². The lowest BCUT2D eigenvalue weighted by molar-refractivity contribution is -0.180. The van der Waals surface area contributed by atoms with Crippen LogP contribution in [0, 0.1) is 11.6 Å². The van der Waals surface area contributed by atoms with E-state index in [4.69, 9.17) is 9.47 Å². The molecule has 0 heterocycles. The fourth-order valence-electron chi connectivity index (χ4n) is 2.37. The maximum Gasteiger partial charge on any atom is 0.398 e. The Kier molecular flexibility index (Phi) is 6.66. The summed E-state index contributed by atoms with van der Waals surface area (Å²) in [5.74, 6) is -2.59. The van der Waals surface area contributed by atoms with Gasteiger partial charge in [0.2, 0.25) is 5.82 Å². The van der Waals surface area contributed by atoms with Gasteiger partial charge in [0.25, 0.3) is 0 Å². The molecule has 0 saturated heterocycles. The SMILES string of the molecule is CC=Cc1ccc(OC(F)(F)CCc2ccc(OCC)c(F)c2F)cc1. The summed E-state index contributed by atoms with van der Waals surface area (Å²) in [6, 6.07) is 8.63. The zero-order chi connectivity index (χ0) is 19.2. The van der Waals surface area contributed by atoms with Crippen molar-refractivity contribution in [2.75, 3.05) is 6.61 Å². The van der Waals surface area contributed by atoms with Gasteiger partial charge in [-0.15, -0.1) is 0 Å². The van der Waals surface area contributed by atoms with E-state index in [-0.39, 0.29) is 30.1 Å². The number of allylic oxidation sites excluding steroid dienone is 1. The summed E-state index contributed by atoms with van der Waals surface area (Å²) < 4.78 is 65.4. The molecule has 0 aromatic heterocycles. The van der Waals surface area contributed by atoms with Gasteiger partial charge < -0.3 is 9.47 Å². The van der Waals surface area contributed by atoms with Gasteiger partial charge in [-0.25, -0.2) is 4.39 Å². The molecule has 0 amide bonds. The summed E-state index contributed by atoms with van der Waals surface area (Å²) in [7, 11) is 0. The molecular formula is C20H20F4O2. The molecule has 0 N–H and O–H groups in total. The van der Waals surface area contributed by atoms with Gasteiger partial charge in [-0.2, -0.15) is 13.2 Å². The first-order chi connectivity index (χ1) is 12.4. The summed E-state index contributed by atoms with van der Waals surface area (Å²) in [5, 5.41) is 0. The molecule has 0 fully saturated rings. The van der Waals surface area contributed by atoms with Crippen molar-refractivity contribution in [3.8, 4) is 11.5 Å². The van der Waals surface area contributed by atoms with Crippen LogP contribution in [0.5, 0.6) is 11.5 Å². The number of hydrogen-bond acceptors (Lipinski definition) is 2. The van der Waals surface area contributed by atoms with E-state index in [0.717, 1.165) is 5.56 Å². The summed E-state index contributed by atoms with van der Waals surface area (Å²) >= 11 is 0. The molecular weight excluding hydrogens is 348 g/mol. The topological polar surface area (TPSA) is 18.5 Å². The lowest BCUT2D eigenvalue weighted by atomic mass is 10.1. The molecule has 0 bridgehead atoms. The van der Waals surface area contributed by atoms with Crippen molar-refractivity contribution in [1.29, 1.82) is 0 Å². The van der Waals surface area contributed by atoms with Gasteiger partial charge in [-0.1, -0.05) is 30.4 Å². The van der Waals surface area contributed by atoms with Crippen molar-refractivity contribution in [3.05, 3.63) is 65.2 Å². The van der Waals surface area contributed by atoms with E-state index in [0.29, 0.717) is 0 Å². The van der Waals surface area contributed by atoms with E-state index in [9.17, 15) is 17.6 Å². The third kappa shape index (κ3) is 5.25. The molecule has 0 aliphatic carbocycles. The smallest absolute Gasteiger partial charge is 0.398 e. The Labute approximate surface area is 150 Å². The number of halogens is 4. The summed E-state index contributed by atoms with van der Waals surface area (Å²) in [6.45, 7) is 3.66. The highest BCUT2D eigenvalue weighted by atomic mass is 19.3. The predicted octanol–water partition coefficient (Wildman–Crippen LogP) is 6.00. The molecule has 140 valence electrons. The Bertz CT molecular complexity index is 755. The first-order valence-corrected chi connectivity index (χ1v) is 8.25. The monoisotopic (exact) mass is 368 g/mol. The second-order valence-corrected chi connectivity index (χ2v) is 5.59. The number of rotatable bonds is 8. The summed E-state index contributed by atoms with van der Waals surface area (Å²) in [4.78, 5) is 0.